The number of benzene rings is 1. The summed E-state index contributed by atoms with van der Waals surface area (Å²) >= 11 is 0. The Labute approximate surface area is 161 Å². The molecule has 0 unspecified atom stereocenters. The third-order valence-corrected chi connectivity index (χ3v) is 5.29. The summed E-state index contributed by atoms with van der Waals surface area (Å²) in [5.41, 5.74) is 1.14. The fraction of sp³-hybridized carbons (Fsp3) is 0.591. The van der Waals surface area contributed by atoms with Crippen LogP contribution in [0, 0.1) is 0 Å². The molecule has 1 spiro atoms. The molecule has 0 aromatic heterocycles. The van der Waals surface area contributed by atoms with E-state index in [0.717, 1.165) is 31.2 Å². The maximum atomic E-state index is 11.8. The average Bonchev–Trinajstić information content (AvgIpc) is 2.67. The molecule has 0 bridgehead atoms. The van der Waals surface area contributed by atoms with Gasteiger partial charge in [0.05, 0.1) is 38.4 Å². The number of methoxy groups -OCH3 is 1. The van der Waals surface area contributed by atoms with Crippen molar-refractivity contribution in [2.24, 2.45) is 0 Å². The number of rotatable bonds is 7. The van der Waals surface area contributed by atoms with E-state index in [9.17, 15) is 4.79 Å². The summed E-state index contributed by atoms with van der Waals surface area (Å²) < 4.78 is 23.7. The molecule has 27 heavy (non-hydrogen) atoms. The second kappa shape index (κ2) is 9.49. The minimum atomic E-state index is -0.676. The molecule has 2 aliphatic rings. The van der Waals surface area contributed by atoms with Crippen LogP contribution in [-0.4, -0.2) is 37.2 Å². The minimum Gasteiger partial charge on any atom is -0.469 e. The highest BCUT2D eigenvalue weighted by atomic mass is 16.7. The van der Waals surface area contributed by atoms with E-state index in [4.69, 9.17) is 18.9 Å². The predicted molar refractivity (Wildman–Crippen MR) is 102 cm³/mol. The zero-order valence-corrected chi connectivity index (χ0v) is 16.1. The monoisotopic (exact) mass is 374 g/mol. The normalized spacial score (nSPS) is 30.8. The van der Waals surface area contributed by atoms with Crippen molar-refractivity contribution < 1.29 is 23.7 Å². The fourth-order valence-electron chi connectivity index (χ4n) is 4.04. The van der Waals surface area contributed by atoms with Crippen molar-refractivity contribution in [3.8, 4) is 0 Å². The van der Waals surface area contributed by atoms with E-state index in [1.807, 2.05) is 24.3 Å². The fourth-order valence-corrected chi connectivity index (χ4v) is 4.04. The van der Waals surface area contributed by atoms with Crippen molar-refractivity contribution >= 4 is 5.97 Å². The first kappa shape index (κ1) is 20.1. The first-order valence-electron chi connectivity index (χ1n) is 9.81. The summed E-state index contributed by atoms with van der Waals surface area (Å²) in [6.07, 6.45) is 6.98. The Balaban J connectivity index is 1.68. The Hall–Kier alpha value is -1.69. The second-order valence-electron chi connectivity index (χ2n) is 7.45. The van der Waals surface area contributed by atoms with Crippen LogP contribution >= 0.6 is 0 Å². The zero-order valence-electron chi connectivity index (χ0n) is 16.1. The Morgan fingerprint density at radius 3 is 2.81 bits per heavy atom. The van der Waals surface area contributed by atoms with Gasteiger partial charge in [0, 0.05) is 19.3 Å². The van der Waals surface area contributed by atoms with Crippen LogP contribution in [0.1, 0.15) is 50.5 Å². The molecule has 3 rings (SSSR count). The molecule has 0 saturated carbocycles. The highest BCUT2D eigenvalue weighted by molar-refractivity contribution is 5.69. The Bertz CT molecular complexity index is 616. The number of carbonyl (C=O) groups excluding carboxylic acids is 1. The van der Waals surface area contributed by atoms with Gasteiger partial charge < -0.3 is 18.9 Å². The first-order valence-corrected chi connectivity index (χ1v) is 9.81. The van der Waals surface area contributed by atoms with Crippen LogP contribution in [0.4, 0.5) is 0 Å². The lowest BCUT2D eigenvalue weighted by atomic mass is 9.89. The van der Waals surface area contributed by atoms with E-state index < -0.39 is 5.79 Å². The molecule has 0 N–H and O–H groups in total. The molecule has 1 aromatic carbocycles. The van der Waals surface area contributed by atoms with Crippen LogP contribution in [0.25, 0.3) is 0 Å². The number of esters is 1. The number of carbonyl (C=O) groups is 1. The van der Waals surface area contributed by atoms with Crippen LogP contribution in [0.3, 0.4) is 0 Å². The van der Waals surface area contributed by atoms with Gasteiger partial charge >= 0.3 is 5.97 Å². The molecule has 2 saturated heterocycles. The van der Waals surface area contributed by atoms with E-state index in [0.29, 0.717) is 19.4 Å². The van der Waals surface area contributed by atoms with E-state index >= 15 is 0 Å². The van der Waals surface area contributed by atoms with Crippen molar-refractivity contribution in [2.45, 2.75) is 75.7 Å². The van der Waals surface area contributed by atoms with Gasteiger partial charge in [-0.2, -0.15) is 0 Å². The second-order valence-corrected chi connectivity index (χ2v) is 7.45. The molecule has 2 fully saturated rings. The van der Waals surface area contributed by atoms with Gasteiger partial charge in [0.25, 0.3) is 0 Å². The molecule has 5 heteroatoms. The van der Waals surface area contributed by atoms with Gasteiger partial charge in [-0.05, 0) is 24.8 Å². The SMILES string of the molecule is C=CC[C@@H]1CCC[C@@]2(C[C@H](OCc3ccccc3)C[C@H](CC(=O)OC)O2)O1. The van der Waals surface area contributed by atoms with E-state index in [2.05, 4.69) is 18.7 Å². The first-order chi connectivity index (χ1) is 13.1. The van der Waals surface area contributed by atoms with E-state index in [1.165, 1.54) is 7.11 Å². The molecule has 4 atom stereocenters. The van der Waals surface area contributed by atoms with Crippen molar-refractivity contribution in [1.82, 2.24) is 0 Å². The minimum absolute atomic E-state index is 0.0175. The summed E-state index contributed by atoms with van der Waals surface area (Å²) in [7, 11) is 1.40. The number of ether oxygens (including phenoxy) is 4. The van der Waals surface area contributed by atoms with Gasteiger partial charge in [-0.3, -0.25) is 4.79 Å². The third kappa shape index (κ3) is 5.64. The van der Waals surface area contributed by atoms with Crippen molar-refractivity contribution in [3.05, 3.63) is 48.6 Å². The molecule has 148 valence electrons. The van der Waals surface area contributed by atoms with Crippen molar-refractivity contribution in [3.63, 3.8) is 0 Å². The average molecular weight is 374 g/mol. The summed E-state index contributed by atoms with van der Waals surface area (Å²) in [5.74, 6) is -0.943. The summed E-state index contributed by atoms with van der Waals surface area (Å²) in [6.45, 7) is 4.37. The summed E-state index contributed by atoms with van der Waals surface area (Å²) in [5, 5.41) is 0. The topological polar surface area (TPSA) is 54.0 Å². The van der Waals surface area contributed by atoms with Gasteiger partial charge in [-0.1, -0.05) is 36.4 Å². The van der Waals surface area contributed by atoms with E-state index in [1.54, 1.807) is 0 Å². The Morgan fingerprint density at radius 1 is 1.30 bits per heavy atom. The standard InChI is InChI=1S/C22H30O5/c1-3-8-18-11-7-12-22(26-18)15-20(13-19(27-22)14-21(23)24-2)25-16-17-9-5-4-6-10-17/h3-6,9-10,18-20H,1,7-8,11-16H2,2H3/t18-,19-,20-,22-/m1/s1. The van der Waals surface area contributed by atoms with Crippen molar-refractivity contribution in [1.29, 1.82) is 0 Å². The Kier molecular flexibility index (Phi) is 7.05. The highest BCUT2D eigenvalue weighted by Crippen LogP contribution is 2.41. The number of hydrogen-bond donors (Lipinski definition) is 0. The van der Waals surface area contributed by atoms with Crippen LogP contribution in [0.15, 0.2) is 43.0 Å². The summed E-state index contributed by atoms with van der Waals surface area (Å²) in [4.78, 5) is 11.8. The lowest BCUT2D eigenvalue weighted by Gasteiger charge is -2.48. The quantitative estimate of drug-likeness (QED) is 0.530. The molecular weight excluding hydrogens is 344 g/mol. The van der Waals surface area contributed by atoms with Crippen LogP contribution < -0.4 is 0 Å². The van der Waals surface area contributed by atoms with Gasteiger partial charge in [0.15, 0.2) is 5.79 Å². The maximum Gasteiger partial charge on any atom is 0.308 e. The van der Waals surface area contributed by atoms with Crippen LogP contribution in [0.5, 0.6) is 0 Å². The lowest BCUT2D eigenvalue weighted by Crippen LogP contribution is -2.52. The van der Waals surface area contributed by atoms with Crippen LogP contribution in [-0.2, 0) is 30.3 Å². The van der Waals surface area contributed by atoms with Gasteiger partial charge in [-0.25, -0.2) is 0 Å². The predicted octanol–water partition coefficient (Wildman–Crippen LogP) is 4.16. The van der Waals surface area contributed by atoms with Gasteiger partial charge in [0.2, 0.25) is 0 Å². The van der Waals surface area contributed by atoms with Gasteiger partial charge in [-0.15, -0.1) is 6.58 Å². The van der Waals surface area contributed by atoms with Crippen molar-refractivity contribution in [2.75, 3.05) is 7.11 Å². The highest BCUT2D eigenvalue weighted by Gasteiger charge is 2.46. The van der Waals surface area contributed by atoms with Crippen LogP contribution in [0.2, 0.25) is 0 Å². The van der Waals surface area contributed by atoms with Gasteiger partial charge in [0.1, 0.15) is 0 Å². The molecule has 2 heterocycles. The zero-order chi connectivity index (χ0) is 19.1. The molecular formula is C22H30O5. The smallest absolute Gasteiger partial charge is 0.308 e. The Morgan fingerprint density at radius 2 is 2.07 bits per heavy atom. The molecule has 5 nitrogen and oxygen atoms in total. The molecule has 1 aromatic rings. The largest absolute Gasteiger partial charge is 0.469 e. The molecule has 0 aliphatic carbocycles. The molecule has 0 amide bonds. The number of hydrogen-bond acceptors (Lipinski definition) is 5. The molecule has 0 radical (unpaired) electrons. The summed E-state index contributed by atoms with van der Waals surface area (Å²) in [6, 6.07) is 10.1. The molecule has 2 aliphatic heterocycles. The maximum absolute atomic E-state index is 11.8. The lowest BCUT2D eigenvalue weighted by molar-refractivity contribution is -0.329. The third-order valence-electron chi connectivity index (χ3n) is 5.29. The van der Waals surface area contributed by atoms with E-state index in [-0.39, 0.29) is 30.7 Å².